The van der Waals surface area contributed by atoms with E-state index in [1.54, 1.807) is 5.48 Å². The Morgan fingerprint density at radius 3 is 2.33 bits per heavy atom. The van der Waals surface area contributed by atoms with Gasteiger partial charge in [0.2, 0.25) is 5.91 Å². The van der Waals surface area contributed by atoms with E-state index >= 15 is 0 Å². The second-order valence-corrected chi connectivity index (χ2v) is 2.70. The van der Waals surface area contributed by atoms with Crippen LogP contribution in [-0.4, -0.2) is 40.7 Å². The first kappa shape index (κ1) is 14.9. The third kappa shape index (κ3) is 10.4. The van der Waals surface area contributed by atoms with Gasteiger partial charge in [0.15, 0.2) is 0 Å². The van der Waals surface area contributed by atoms with Crippen molar-refractivity contribution in [3.8, 4) is 0 Å². The van der Waals surface area contributed by atoms with E-state index in [0.29, 0.717) is 6.42 Å². The molecule has 0 aliphatic carbocycles. The van der Waals surface area contributed by atoms with Gasteiger partial charge in [-0.05, 0) is 6.42 Å². The van der Waals surface area contributed by atoms with Crippen molar-refractivity contribution < 1.29 is 10.0 Å². The molecule has 0 aliphatic heterocycles. The van der Waals surface area contributed by atoms with Gasteiger partial charge in [0.05, 0.1) is 0 Å². The Morgan fingerprint density at radius 2 is 1.83 bits per heavy atom. The van der Waals surface area contributed by atoms with Crippen LogP contribution < -0.4 is 5.48 Å². The molecule has 4 heteroatoms. The topological polar surface area (TPSA) is 49.3 Å². The van der Waals surface area contributed by atoms with Gasteiger partial charge in [0.25, 0.3) is 0 Å². The SMILES string of the molecule is CCCCCCCC(=O)NO.[NaH]. The minimum atomic E-state index is -0.276. The number of hydroxylamine groups is 1. The third-order valence-electron chi connectivity index (χ3n) is 1.63. The second kappa shape index (κ2) is 11.4. The summed E-state index contributed by atoms with van der Waals surface area (Å²) in [6.07, 6.45) is 6.05. The summed E-state index contributed by atoms with van der Waals surface area (Å²) >= 11 is 0. The molecule has 0 rings (SSSR count). The van der Waals surface area contributed by atoms with E-state index in [0.717, 1.165) is 12.8 Å². The average Bonchev–Trinajstić information content (AvgIpc) is 2.04. The quantitative estimate of drug-likeness (QED) is 0.281. The van der Waals surface area contributed by atoms with E-state index in [4.69, 9.17) is 5.21 Å². The molecule has 0 spiro atoms. The van der Waals surface area contributed by atoms with Crippen LogP contribution in [0.5, 0.6) is 0 Å². The zero-order chi connectivity index (χ0) is 8.53. The molecule has 0 fully saturated rings. The van der Waals surface area contributed by atoms with Crippen LogP contribution in [0.15, 0.2) is 0 Å². The van der Waals surface area contributed by atoms with Crippen molar-refractivity contribution in [3.63, 3.8) is 0 Å². The first-order valence-electron chi connectivity index (χ1n) is 4.24. The maximum atomic E-state index is 10.5. The summed E-state index contributed by atoms with van der Waals surface area (Å²) < 4.78 is 0. The van der Waals surface area contributed by atoms with Gasteiger partial charge < -0.3 is 0 Å². The van der Waals surface area contributed by atoms with Crippen LogP contribution in [0.1, 0.15) is 45.4 Å². The summed E-state index contributed by atoms with van der Waals surface area (Å²) in [5.41, 5.74) is 1.62. The molecule has 0 saturated heterocycles. The fourth-order valence-electron chi connectivity index (χ4n) is 0.945. The van der Waals surface area contributed by atoms with Crippen LogP contribution in [0.25, 0.3) is 0 Å². The van der Waals surface area contributed by atoms with Crippen molar-refractivity contribution in [3.05, 3.63) is 0 Å². The molecule has 0 heterocycles. The summed E-state index contributed by atoms with van der Waals surface area (Å²) in [5.74, 6) is -0.276. The minimum absolute atomic E-state index is 0. The molecule has 0 atom stereocenters. The van der Waals surface area contributed by atoms with Crippen molar-refractivity contribution in [1.82, 2.24) is 5.48 Å². The molecule has 12 heavy (non-hydrogen) atoms. The molecule has 0 radical (unpaired) electrons. The number of hydrogen-bond donors (Lipinski definition) is 2. The normalized spacial score (nSPS) is 8.83. The standard InChI is InChI=1S/C8H17NO2.Na.H/c1-2-3-4-5-6-7-8(10)9-11;;/h11H,2-7H2,1H3,(H,9,10);;. The van der Waals surface area contributed by atoms with E-state index in [1.165, 1.54) is 19.3 Å². The molecule has 0 aromatic heterocycles. The Balaban J connectivity index is 0. The number of carbonyl (C=O) groups is 1. The summed E-state index contributed by atoms with van der Waals surface area (Å²) in [7, 11) is 0. The fourth-order valence-corrected chi connectivity index (χ4v) is 0.945. The van der Waals surface area contributed by atoms with E-state index in [9.17, 15) is 4.79 Å². The third-order valence-corrected chi connectivity index (χ3v) is 1.63. The fraction of sp³-hybridized carbons (Fsp3) is 0.875. The van der Waals surface area contributed by atoms with Gasteiger partial charge in [-0.25, -0.2) is 5.48 Å². The Bertz CT molecular complexity index is 109. The number of rotatable bonds is 6. The number of unbranched alkanes of at least 4 members (excludes halogenated alkanes) is 4. The summed E-state index contributed by atoms with van der Waals surface area (Å²) in [5, 5.41) is 8.14. The summed E-state index contributed by atoms with van der Waals surface area (Å²) in [4.78, 5) is 10.5. The van der Waals surface area contributed by atoms with E-state index in [2.05, 4.69) is 6.92 Å². The van der Waals surface area contributed by atoms with Crippen LogP contribution >= 0.6 is 0 Å². The molecule has 3 nitrogen and oxygen atoms in total. The molecule has 0 bridgehead atoms. The number of carbonyl (C=O) groups excluding carboxylic acids is 1. The zero-order valence-electron chi connectivity index (χ0n) is 7.10. The molecule has 1 amide bonds. The van der Waals surface area contributed by atoms with Crippen molar-refractivity contribution in [1.29, 1.82) is 0 Å². The van der Waals surface area contributed by atoms with E-state index < -0.39 is 0 Å². The van der Waals surface area contributed by atoms with E-state index in [1.807, 2.05) is 0 Å². The summed E-state index contributed by atoms with van der Waals surface area (Å²) in [6.45, 7) is 2.15. The first-order chi connectivity index (χ1) is 5.31. The van der Waals surface area contributed by atoms with Crippen LogP contribution in [0, 0.1) is 0 Å². The monoisotopic (exact) mass is 183 g/mol. The molecular weight excluding hydrogens is 165 g/mol. The van der Waals surface area contributed by atoms with Crippen molar-refractivity contribution >= 4 is 35.5 Å². The van der Waals surface area contributed by atoms with Crippen LogP contribution in [-0.2, 0) is 4.79 Å². The predicted molar refractivity (Wildman–Crippen MR) is 50.5 cm³/mol. The van der Waals surface area contributed by atoms with Crippen molar-refractivity contribution in [2.24, 2.45) is 0 Å². The maximum absolute atomic E-state index is 10.5. The predicted octanol–water partition coefficient (Wildman–Crippen LogP) is 1.20. The molecular formula is C8H18NNaO2. The molecule has 2 N–H and O–H groups in total. The number of hydrogen-bond acceptors (Lipinski definition) is 2. The van der Waals surface area contributed by atoms with Gasteiger partial charge >= 0.3 is 29.6 Å². The molecule has 0 saturated carbocycles. The molecule has 0 aliphatic rings. The van der Waals surface area contributed by atoms with Gasteiger partial charge in [-0.3, -0.25) is 10.0 Å². The van der Waals surface area contributed by atoms with Gasteiger partial charge in [-0.15, -0.1) is 0 Å². The summed E-state index contributed by atoms with van der Waals surface area (Å²) in [6, 6.07) is 0. The van der Waals surface area contributed by atoms with E-state index in [-0.39, 0.29) is 35.5 Å². The Labute approximate surface area is 96.2 Å². The van der Waals surface area contributed by atoms with Crippen LogP contribution in [0.4, 0.5) is 0 Å². The molecule has 0 aromatic rings. The second-order valence-electron chi connectivity index (χ2n) is 2.70. The number of amides is 1. The van der Waals surface area contributed by atoms with Crippen LogP contribution in [0.2, 0.25) is 0 Å². The molecule has 0 aromatic carbocycles. The molecule has 0 unspecified atom stereocenters. The first-order valence-corrected chi connectivity index (χ1v) is 4.24. The average molecular weight is 183 g/mol. The Kier molecular flexibility index (Phi) is 14.2. The Hall–Kier alpha value is 0.430. The molecule has 68 valence electrons. The number of nitrogens with one attached hydrogen (secondary N) is 1. The van der Waals surface area contributed by atoms with Crippen molar-refractivity contribution in [2.45, 2.75) is 45.4 Å². The zero-order valence-corrected chi connectivity index (χ0v) is 7.10. The van der Waals surface area contributed by atoms with Gasteiger partial charge in [0, 0.05) is 6.42 Å². The van der Waals surface area contributed by atoms with Crippen LogP contribution in [0.3, 0.4) is 0 Å². The Morgan fingerprint density at radius 1 is 1.25 bits per heavy atom. The van der Waals surface area contributed by atoms with Gasteiger partial charge in [-0.2, -0.15) is 0 Å². The van der Waals surface area contributed by atoms with Crippen molar-refractivity contribution in [2.75, 3.05) is 0 Å². The van der Waals surface area contributed by atoms with Gasteiger partial charge in [-0.1, -0.05) is 32.6 Å². The van der Waals surface area contributed by atoms with Gasteiger partial charge in [0.1, 0.15) is 0 Å².